The molecule has 4 aromatic rings. The Hall–Kier alpha value is -2.96. The smallest absolute Gasteiger partial charge is 0.123 e. The monoisotopic (exact) mass is 401 g/mol. The fraction of sp³-hybridized carbons (Fsp3) is 0.333. The van der Waals surface area contributed by atoms with Crippen molar-refractivity contribution in [2.75, 3.05) is 13.2 Å². The van der Waals surface area contributed by atoms with E-state index < -0.39 is 0 Å². The summed E-state index contributed by atoms with van der Waals surface area (Å²) in [5.74, 6) is 0.599. The van der Waals surface area contributed by atoms with Crippen LogP contribution in [0, 0.1) is 5.92 Å². The van der Waals surface area contributed by atoms with Crippen molar-refractivity contribution in [3.63, 3.8) is 0 Å². The van der Waals surface area contributed by atoms with Crippen molar-refractivity contribution in [1.82, 2.24) is 25.1 Å². The molecular formula is C24H27N5O. The van der Waals surface area contributed by atoms with E-state index in [-0.39, 0.29) is 0 Å². The van der Waals surface area contributed by atoms with Crippen LogP contribution in [-0.2, 0) is 17.8 Å². The SMILES string of the molecule is c1ccc(COC[C@H]2CNC(CCc3c[nH]c4ccc(-n5cnnc5)cc34)C2)cc1. The van der Waals surface area contributed by atoms with Gasteiger partial charge >= 0.3 is 0 Å². The number of hydrogen-bond donors (Lipinski definition) is 2. The third kappa shape index (κ3) is 4.30. The van der Waals surface area contributed by atoms with Gasteiger partial charge < -0.3 is 15.0 Å². The molecule has 6 nitrogen and oxygen atoms in total. The highest BCUT2D eigenvalue weighted by atomic mass is 16.5. The summed E-state index contributed by atoms with van der Waals surface area (Å²) in [6.45, 7) is 2.57. The molecule has 0 radical (unpaired) electrons. The highest BCUT2D eigenvalue weighted by Gasteiger charge is 2.24. The van der Waals surface area contributed by atoms with E-state index >= 15 is 0 Å². The second-order valence-electron chi connectivity index (χ2n) is 8.16. The number of H-pyrrole nitrogens is 1. The average molecular weight is 402 g/mol. The number of aromatic amines is 1. The van der Waals surface area contributed by atoms with Crippen LogP contribution in [0.25, 0.3) is 16.6 Å². The highest BCUT2D eigenvalue weighted by molar-refractivity contribution is 5.85. The molecule has 0 saturated carbocycles. The quantitative estimate of drug-likeness (QED) is 0.470. The molecule has 0 aliphatic carbocycles. The summed E-state index contributed by atoms with van der Waals surface area (Å²) < 4.78 is 7.89. The number of aryl methyl sites for hydroxylation is 1. The van der Waals surface area contributed by atoms with Crippen molar-refractivity contribution in [2.24, 2.45) is 5.92 Å². The Morgan fingerprint density at radius 2 is 1.93 bits per heavy atom. The molecule has 1 unspecified atom stereocenters. The molecule has 1 aliphatic rings. The van der Waals surface area contributed by atoms with Gasteiger partial charge in [-0.05, 0) is 54.5 Å². The molecule has 5 rings (SSSR count). The number of benzene rings is 2. The second kappa shape index (κ2) is 8.81. The van der Waals surface area contributed by atoms with Gasteiger partial charge in [0.1, 0.15) is 12.7 Å². The van der Waals surface area contributed by atoms with Gasteiger partial charge in [-0.25, -0.2) is 0 Å². The molecule has 3 heterocycles. The molecule has 30 heavy (non-hydrogen) atoms. The van der Waals surface area contributed by atoms with Gasteiger partial charge in [0.2, 0.25) is 0 Å². The Kier molecular flexibility index (Phi) is 5.59. The normalized spacial score (nSPS) is 18.9. The van der Waals surface area contributed by atoms with Crippen LogP contribution in [0.4, 0.5) is 0 Å². The number of fused-ring (bicyclic) bond motifs is 1. The van der Waals surface area contributed by atoms with Crippen LogP contribution >= 0.6 is 0 Å². The van der Waals surface area contributed by atoms with E-state index in [1.54, 1.807) is 12.7 Å². The number of nitrogens with one attached hydrogen (secondary N) is 2. The van der Waals surface area contributed by atoms with Crippen LogP contribution in [-0.4, -0.2) is 38.9 Å². The van der Waals surface area contributed by atoms with Gasteiger partial charge in [0, 0.05) is 35.4 Å². The molecule has 0 spiro atoms. The van der Waals surface area contributed by atoms with Crippen LogP contribution in [0.3, 0.4) is 0 Å². The van der Waals surface area contributed by atoms with E-state index in [1.165, 1.54) is 28.5 Å². The van der Waals surface area contributed by atoms with E-state index in [1.807, 2.05) is 10.6 Å². The number of ether oxygens (including phenoxy) is 1. The summed E-state index contributed by atoms with van der Waals surface area (Å²) in [6, 6.07) is 17.4. The molecule has 6 heteroatoms. The van der Waals surface area contributed by atoms with Crippen LogP contribution in [0.15, 0.2) is 67.4 Å². The summed E-state index contributed by atoms with van der Waals surface area (Å²) in [6.07, 6.45) is 8.99. The third-order valence-corrected chi connectivity index (χ3v) is 6.01. The van der Waals surface area contributed by atoms with Gasteiger partial charge in [0.05, 0.1) is 13.2 Å². The Bertz CT molecular complexity index is 1070. The van der Waals surface area contributed by atoms with Gasteiger partial charge in [-0.2, -0.15) is 0 Å². The zero-order chi connectivity index (χ0) is 20.2. The molecule has 1 aliphatic heterocycles. The average Bonchev–Trinajstić information content (AvgIpc) is 3.54. The molecule has 2 aromatic heterocycles. The minimum Gasteiger partial charge on any atom is -0.376 e. The van der Waals surface area contributed by atoms with Gasteiger partial charge in [-0.3, -0.25) is 4.57 Å². The van der Waals surface area contributed by atoms with Gasteiger partial charge in [-0.1, -0.05) is 30.3 Å². The topological polar surface area (TPSA) is 67.8 Å². The largest absolute Gasteiger partial charge is 0.376 e. The highest BCUT2D eigenvalue weighted by Crippen LogP contribution is 2.25. The standard InChI is InChI=1S/C24H27N5O/c1-2-4-18(5-3-1)14-30-15-19-10-21(25-12-19)7-6-20-13-26-24-9-8-22(11-23(20)24)29-16-27-28-17-29/h1-5,8-9,11,13,16-17,19,21,25-26H,6-7,10,12,14-15H2/t19-,21?/m1/s1. The van der Waals surface area contributed by atoms with Crippen molar-refractivity contribution < 1.29 is 4.74 Å². The van der Waals surface area contributed by atoms with Crippen molar-refractivity contribution in [3.8, 4) is 5.69 Å². The van der Waals surface area contributed by atoms with Crippen molar-refractivity contribution in [3.05, 3.63) is 78.5 Å². The van der Waals surface area contributed by atoms with Crippen molar-refractivity contribution >= 4 is 10.9 Å². The summed E-state index contributed by atoms with van der Waals surface area (Å²) in [5.41, 5.74) is 4.87. The lowest BCUT2D eigenvalue weighted by Gasteiger charge is -2.11. The summed E-state index contributed by atoms with van der Waals surface area (Å²) in [4.78, 5) is 3.41. The van der Waals surface area contributed by atoms with Crippen LogP contribution in [0.2, 0.25) is 0 Å². The van der Waals surface area contributed by atoms with Gasteiger partial charge in [-0.15, -0.1) is 10.2 Å². The summed E-state index contributed by atoms with van der Waals surface area (Å²) in [5, 5.41) is 12.8. The molecular weight excluding hydrogens is 374 g/mol. The number of aromatic nitrogens is 4. The lowest BCUT2D eigenvalue weighted by atomic mass is 10.00. The first-order chi connectivity index (χ1) is 14.8. The fourth-order valence-electron chi connectivity index (χ4n) is 4.36. The Balaban J connectivity index is 1.14. The third-order valence-electron chi connectivity index (χ3n) is 6.01. The molecule has 2 N–H and O–H groups in total. The van der Waals surface area contributed by atoms with E-state index in [0.29, 0.717) is 18.6 Å². The van der Waals surface area contributed by atoms with E-state index in [4.69, 9.17) is 4.74 Å². The second-order valence-corrected chi connectivity index (χ2v) is 8.16. The number of rotatable bonds is 8. The molecule has 2 atom stereocenters. The Morgan fingerprint density at radius 1 is 1.07 bits per heavy atom. The van der Waals surface area contributed by atoms with Crippen LogP contribution < -0.4 is 5.32 Å². The first-order valence-electron chi connectivity index (χ1n) is 10.7. The summed E-state index contributed by atoms with van der Waals surface area (Å²) in [7, 11) is 0. The molecule has 0 amide bonds. The fourth-order valence-corrected chi connectivity index (χ4v) is 4.36. The molecule has 1 saturated heterocycles. The molecule has 1 fully saturated rings. The minimum atomic E-state index is 0.557. The molecule has 0 bridgehead atoms. The number of nitrogens with zero attached hydrogens (tertiary/aromatic N) is 3. The van der Waals surface area contributed by atoms with E-state index in [2.05, 4.69) is 69.2 Å². The first kappa shape index (κ1) is 19.0. The van der Waals surface area contributed by atoms with Crippen molar-refractivity contribution in [2.45, 2.75) is 31.9 Å². The zero-order valence-corrected chi connectivity index (χ0v) is 17.0. The lowest BCUT2D eigenvalue weighted by molar-refractivity contribution is 0.0917. The zero-order valence-electron chi connectivity index (χ0n) is 17.0. The maximum absolute atomic E-state index is 5.95. The minimum absolute atomic E-state index is 0.557. The number of hydrogen-bond acceptors (Lipinski definition) is 4. The van der Waals surface area contributed by atoms with Crippen LogP contribution in [0.5, 0.6) is 0 Å². The van der Waals surface area contributed by atoms with E-state index in [9.17, 15) is 0 Å². The first-order valence-corrected chi connectivity index (χ1v) is 10.7. The summed E-state index contributed by atoms with van der Waals surface area (Å²) >= 11 is 0. The maximum atomic E-state index is 5.95. The van der Waals surface area contributed by atoms with E-state index in [0.717, 1.165) is 31.7 Å². The van der Waals surface area contributed by atoms with Gasteiger partial charge in [0.25, 0.3) is 0 Å². The predicted octanol–water partition coefficient (Wildman–Crippen LogP) is 3.88. The van der Waals surface area contributed by atoms with Crippen LogP contribution in [0.1, 0.15) is 24.0 Å². The predicted molar refractivity (Wildman–Crippen MR) is 118 cm³/mol. The molecule has 154 valence electrons. The Labute approximate surface area is 176 Å². The Morgan fingerprint density at radius 3 is 2.80 bits per heavy atom. The maximum Gasteiger partial charge on any atom is 0.123 e. The van der Waals surface area contributed by atoms with Crippen molar-refractivity contribution in [1.29, 1.82) is 0 Å². The lowest BCUT2D eigenvalue weighted by Crippen LogP contribution is -2.21. The molecule has 2 aromatic carbocycles. The van der Waals surface area contributed by atoms with Gasteiger partial charge in [0.15, 0.2) is 0 Å².